The lowest BCUT2D eigenvalue weighted by molar-refractivity contribution is 0.0351. The van der Waals surface area contributed by atoms with Crippen molar-refractivity contribution in [3.8, 4) is 0 Å². The smallest absolute Gasteiger partial charge is 0.186 e. The summed E-state index contributed by atoms with van der Waals surface area (Å²) in [4.78, 5) is 0. The zero-order valence-corrected chi connectivity index (χ0v) is 21.3. The number of hydrogen-bond donors (Lipinski definition) is 3. The van der Waals surface area contributed by atoms with E-state index in [0.717, 1.165) is 45.1 Å². The van der Waals surface area contributed by atoms with Gasteiger partial charge in [0.1, 0.15) is 0 Å². The lowest BCUT2D eigenvalue weighted by Gasteiger charge is -2.19. The van der Waals surface area contributed by atoms with Crippen molar-refractivity contribution in [3.63, 3.8) is 0 Å². The van der Waals surface area contributed by atoms with Crippen molar-refractivity contribution in [1.29, 1.82) is 0 Å². The van der Waals surface area contributed by atoms with Gasteiger partial charge in [0.15, 0.2) is 16.6 Å². The summed E-state index contributed by atoms with van der Waals surface area (Å²) in [7, 11) is 2.89. The molecule has 0 heterocycles. The first kappa shape index (κ1) is 29.4. The molecule has 0 bridgehead atoms. The molecule has 0 spiro atoms. The Bertz CT molecular complexity index is 322. The van der Waals surface area contributed by atoms with Crippen molar-refractivity contribution in [2.24, 2.45) is 0 Å². The molecule has 27 heavy (non-hydrogen) atoms. The van der Waals surface area contributed by atoms with E-state index in [9.17, 15) is 5.11 Å². The van der Waals surface area contributed by atoms with Crippen LogP contribution in [-0.4, -0.2) is 82.0 Å². The van der Waals surface area contributed by atoms with E-state index >= 15 is 0 Å². The number of ether oxygens (including phenoxy) is 1. The van der Waals surface area contributed by atoms with E-state index in [1.165, 1.54) is 12.5 Å². The Hall–Kier alpha value is 0.194. The topological polar surface area (TPSA) is 72.0 Å². The van der Waals surface area contributed by atoms with E-state index < -0.39 is 16.6 Å². The molecule has 0 aliphatic rings. The molecule has 0 saturated carbocycles. The Labute approximate surface area is 171 Å². The summed E-state index contributed by atoms with van der Waals surface area (Å²) in [5.74, 6) is 0. The Morgan fingerprint density at radius 3 is 1.93 bits per heavy atom. The zero-order chi connectivity index (χ0) is 21.2. The lowest BCUT2D eigenvalue weighted by Crippen LogP contribution is -2.31. The molecule has 0 aromatic heterocycles. The van der Waals surface area contributed by atoms with E-state index in [4.69, 9.17) is 13.6 Å². The number of likely N-dealkylation sites (N-methyl/N-ethyl adjacent to an activating group) is 1. The number of aliphatic hydroxyl groups excluding tert-OH is 1. The monoisotopic (exact) mass is 424 g/mol. The van der Waals surface area contributed by atoms with Crippen molar-refractivity contribution >= 4 is 16.6 Å². The third kappa shape index (κ3) is 22.3. The molecule has 166 valence electrons. The normalized spacial score (nSPS) is 13.2. The Kier molecular flexibility index (Phi) is 19.9. The van der Waals surface area contributed by atoms with Crippen LogP contribution >= 0.6 is 0 Å². The summed E-state index contributed by atoms with van der Waals surface area (Å²) in [5.41, 5.74) is 0. The first-order chi connectivity index (χ1) is 12.6. The van der Waals surface area contributed by atoms with Gasteiger partial charge in [-0.15, -0.1) is 0 Å². The first-order valence-corrected chi connectivity index (χ1v) is 16.6. The van der Waals surface area contributed by atoms with Gasteiger partial charge in [-0.2, -0.15) is 0 Å². The van der Waals surface area contributed by atoms with Crippen molar-refractivity contribution in [2.45, 2.75) is 70.6 Å². The number of hydrogen-bond acceptors (Lipinski definition) is 6. The largest absolute Gasteiger partial charge is 0.420 e. The summed E-state index contributed by atoms with van der Waals surface area (Å²) >= 11 is 0. The summed E-state index contributed by atoms with van der Waals surface area (Å²) in [6, 6.07) is 2.36. The number of aliphatic hydroxyl groups is 1. The fourth-order valence-corrected chi connectivity index (χ4v) is 4.55. The zero-order valence-electron chi connectivity index (χ0n) is 19.3. The summed E-state index contributed by atoms with van der Waals surface area (Å²) in [6.07, 6.45) is 2.72. The van der Waals surface area contributed by atoms with Crippen molar-refractivity contribution in [1.82, 2.24) is 10.6 Å². The molecule has 8 heteroatoms. The molecule has 0 aromatic rings. The molecule has 0 rings (SSSR count). The molecular formula is C19H48N2O4Si2. The summed E-state index contributed by atoms with van der Waals surface area (Å²) in [6.45, 7) is 15.3. The fourth-order valence-electron chi connectivity index (χ4n) is 2.12. The maximum absolute atomic E-state index is 9.22. The third-order valence-corrected chi connectivity index (χ3v) is 9.96. The van der Waals surface area contributed by atoms with Gasteiger partial charge in [-0.05, 0) is 71.1 Å². The molecule has 0 aliphatic heterocycles. The van der Waals surface area contributed by atoms with Crippen molar-refractivity contribution in [3.05, 3.63) is 0 Å². The van der Waals surface area contributed by atoms with Gasteiger partial charge in [-0.1, -0.05) is 6.92 Å². The minimum Gasteiger partial charge on any atom is -0.420 e. The fraction of sp³-hybridized carbons (Fsp3) is 1.00. The Morgan fingerprint density at radius 1 is 0.889 bits per heavy atom. The van der Waals surface area contributed by atoms with Crippen LogP contribution in [0.2, 0.25) is 38.3 Å². The van der Waals surface area contributed by atoms with E-state index in [2.05, 4.69) is 36.8 Å². The van der Waals surface area contributed by atoms with Gasteiger partial charge in [0.25, 0.3) is 0 Å². The van der Waals surface area contributed by atoms with Crippen LogP contribution in [-0.2, 0) is 13.6 Å². The molecular weight excluding hydrogens is 376 g/mol. The maximum Gasteiger partial charge on any atom is 0.186 e. The average Bonchev–Trinajstić information content (AvgIpc) is 2.64. The average molecular weight is 425 g/mol. The predicted molar refractivity (Wildman–Crippen MR) is 122 cm³/mol. The maximum atomic E-state index is 9.22. The summed E-state index contributed by atoms with van der Waals surface area (Å²) in [5, 5.41) is 15.7. The van der Waals surface area contributed by atoms with E-state index in [-0.39, 0.29) is 6.10 Å². The van der Waals surface area contributed by atoms with Gasteiger partial charge in [0, 0.05) is 33.9 Å². The first-order valence-electron chi connectivity index (χ1n) is 10.4. The van der Waals surface area contributed by atoms with Gasteiger partial charge < -0.3 is 29.3 Å². The van der Waals surface area contributed by atoms with Crippen molar-refractivity contribution in [2.75, 3.05) is 54.1 Å². The molecule has 0 amide bonds. The third-order valence-electron chi connectivity index (χ3n) is 4.64. The van der Waals surface area contributed by atoms with E-state index in [1.807, 2.05) is 21.1 Å². The van der Waals surface area contributed by atoms with E-state index in [0.29, 0.717) is 6.61 Å². The highest BCUT2D eigenvalue weighted by atomic mass is 28.4. The van der Waals surface area contributed by atoms with Crippen LogP contribution < -0.4 is 10.6 Å². The second-order valence-electron chi connectivity index (χ2n) is 8.13. The van der Waals surface area contributed by atoms with Crippen LogP contribution in [0, 0.1) is 0 Å². The van der Waals surface area contributed by atoms with Gasteiger partial charge in [-0.25, -0.2) is 0 Å². The van der Waals surface area contributed by atoms with Crippen LogP contribution in [0.15, 0.2) is 0 Å². The molecule has 1 unspecified atom stereocenters. The van der Waals surface area contributed by atoms with Gasteiger partial charge >= 0.3 is 0 Å². The highest BCUT2D eigenvalue weighted by Gasteiger charge is 2.19. The highest BCUT2D eigenvalue weighted by Crippen LogP contribution is 2.12. The molecule has 1 atom stereocenters. The van der Waals surface area contributed by atoms with Gasteiger partial charge in [-0.3, -0.25) is 0 Å². The number of rotatable bonds is 16. The Morgan fingerprint density at radius 2 is 1.44 bits per heavy atom. The Balaban J connectivity index is 0. The van der Waals surface area contributed by atoms with Crippen molar-refractivity contribution < 1.29 is 18.7 Å². The molecule has 0 aromatic carbocycles. The molecule has 0 radical (unpaired) electrons. The number of nitrogens with one attached hydrogen (secondary N) is 2. The van der Waals surface area contributed by atoms with E-state index in [1.54, 1.807) is 7.11 Å². The van der Waals surface area contributed by atoms with Crippen LogP contribution in [0.3, 0.4) is 0 Å². The van der Waals surface area contributed by atoms with Crippen LogP contribution in [0.25, 0.3) is 0 Å². The molecule has 0 aliphatic carbocycles. The minimum absolute atomic E-state index is 0.303. The van der Waals surface area contributed by atoms with Gasteiger partial charge in [0.05, 0.1) is 12.7 Å². The SMILES string of the molecule is CCC(O)COCCC[Si](C)(C)OC.CNCCNCCC[Si](C)(C)OC. The van der Waals surface area contributed by atoms with Gasteiger partial charge in [0.2, 0.25) is 0 Å². The molecule has 0 saturated heterocycles. The van der Waals surface area contributed by atoms with Crippen LogP contribution in [0.1, 0.15) is 26.2 Å². The van der Waals surface area contributed by atoms with Crippen LogP contribution in [0.4, 0.5) is 0 Å². The highest BCUT2D eigenvalue weighted by molar-refractivity contribution is 6.71. The lowest BCUT2D eigenvalue weighted by atomic mass is 10.3. The van der Waals surface area contributed by atoms with Crippen LogP contribution in [0.5, 0.6) is 0 Å². The minimum atomic E-state index is -1.41. The standard InChI is InChI=1S/C10H24O3Si.C9H24N2OSi/c1-5-10(11)9-13-7-6-8-14(3,4)12-2;1-10-7-8-11-6-5-9-13(3,4)12-2/h10-11H,5-9H2,1-4H3;10-11H,5-9H2,1-4H3. The molecule has 0 fully saturated rings. The quantitative estimate of drug-likeness (QED) is 0.261. The second kappa shape index (κ2) is 18.2. The predicted octanol–water partition coefficient (Wildman–Crippen LogP) is 3.05. The summed E-state index contributed by atoms with van der Waals surface area (Å²) < 4.78 is 16.2. The second-order valence-corrected chi connectivity index (χ2v) is 17.0. The molecule has 6 nitrogen and oxygen atoms in total. The molecule has 3 N–H and O–H groups in total.